The van der Waals surface area contributed by atoms with Gasteiger partial charge in [0.25, 0.3) is 0 Å². The second kappa shape index (κ2) is 7.34. The van der Waals surface area contributed by atoms with Crippen LogP contribution in [0, 0.1) is 19.7 Å². The Balaban J connectivity index is 1.56. The molecular weight excluding hydrogens is 357 g/mol. The van der Waals surface area contributed by atoms with E-state index in [-0.39, 0.29) is 18.3 Å². The minimum Gasteiger partial charge on any atom is -0.328 e. The number of rotatable bonds is 3. The molecule has 3 aromatic rings. The van der Waals surface area contributed by atoms with Crippen molar-refractivity contribution in [2.24, 2.45) is 0 Å². The zero-order valence-corrected chi connectivity index (χ0v) is 15.8. The Hall–Kier alpha value is -3.35. The van der Waals surface area contributed by atoms with Gasteiger partial charge in [-0.25, -0.2) is 9.37 Å². The predicted molar refractivity (Wildman–Crippen MR) is 106 cm³/mol. The van der Waals surface area contributed by atoms with Gasteiger partial charge in [0.1, 0.15) is 12.4 Å². The van der Waals surface area contributed by atoms with E-state index in [1.807, 2.05) is 26.0 Å². The number of nitrogens with zero attached hydrogens (tertiary/aromatic N) is 5. The van der Waals surface area contributed by atoms with Crippen LogP contribution in [0.15, 0.2) is 48.7 Å². The second-order valence-electron chi connectivity index (χ2n) is 6.93. The molecule has 0 atom stereocenters. The summed E-state index contributed by atoms with van der Waals surface area (Å²) in [5.41, 5.74) is 3.90. The van der Waals surface area contributed by atoms with Crippen LogP contribution in [0.2, 0.25) is 0 Å². The van der Waals surface area contributed by atoms with E-state index in [2.05, 4.69) is 21.2 Å². The first-order valence-electron chi connectivity index (χ1n) is 9.09. The third kappa shape index (κ3) is 3.55. The van der Waals surface area contributed by atoms with Crippen LogP contribution >= 0.6 is 0 Å². The highest BCUT2D eigenvalue weighted by Gasteiger charge is 2.27. The second-order valence-corrected chi connectivity index (χ2v) is 6.93. The zero-order chi connectivity index (χ0) is 19.7. The van der Waals surface area contributed by atoms with E-state index in [0.29, 0.717) is 30.3 Å². The molecule has 0 saturated carbocycles. The van der Waals surface area contributed by atoms with Crippen molar-refractivity contribution in [2.75, 3.05) is 29.4 Å². The number of piperazine rings is 1. The van der Waals surface area contributed by atoms with E-state index in [9.17, 15) is 9.18 Å². The zero-order valence-electron chi connectivity index (χ0n) is 15.8. The quantitative estimate of drug-likeness (QED) is 0.702. The lowest BCUT2D eigenvalue weighted by molar-refractivity contribution is -0.117. The number of hydrogen-bond acceptors (Lipinski definition) is 5. The van der Waals surface area contributed by atoms with Gasteiger partial charge in [0.05, 0.1) is 11.9 Å². The van der Waals surface area contributed by atoms with Gasteiger partial charge in [-0.15, -0.1) is 5.10 Å². The van der Waals surface area contributed by atoms with Gasteiger partial charge in [0.15, 0.2) is 0 Å². The molecule has 1 aromatic heterocycles. The molecule has 2 heterocycles. The Morgan fingerprint density at radius 3 is 2.50 bits per heavy atom. The van der Waals surface area contributed by atoms with E-state index in [1.165, 1.54) is 12.3 Å². The first-order chi connectivity index (χ1) is 13.5. The number of benzene rings is 2. The molecule has 7 heteroatoms. The summed E-state index contributed by atoms with van der Waals surface area (Å²) < 4.78 is 14.1. The third-order valence-electron chi connectivity index (χ3n) is 4.72. The minimum atomic E-state index is -0.371. The Labute approximate surface area is 162 Å². The van der Waals surface area contributed by atoms with E-state index in [1.54, 1.807) is 28.0 Å². The van der Waals surface area contributed by atoms with E-state index in [4.69, 9.17) is 0 Å². The molecule has 1 fully saturated rings. The summed E-state index contributed by atoms with van der Waals surface area (Å²) in [6, 6.07) is 12.5. The van der Waals surface area contributed by atoms with Crippen LogP contribution in [0.25, 0.3) is 11.3 Å². The Morgan fingerprint density at radius 2 is 1.79 bits per heavy atom. The van der Waals surface area contributed by atoms with Gasteiger partial charge in [0.2, 0.25) is 11.9 Å². The van der Waals surface area contributed by atoms with Crippen LogP contribution < -0.4 is 9.80 Å². The summed E-state index contributed by atoms with van der Waals surface area (Å²) in [5.74, 6) is -0.0741. The summed E-state index contributed by atoms with van der Waals surface area (Å²) in [7, 11) is 0. The maximum absolute atomic E-state index is 14.1. The predicted octanol–water partition coefficient (Wildman–Crippen LogP) is 3.15. The third-order valence-corrected chi connectivity index (χ3v) is 4.72. The highest BCUT2D eigenvalue weighted by Crippen LogP contribution is 2.24. The minimum absolute atomic E-state index is 0.0313. The monoisotopic (exact) mass is 377 g/mol. The molecule has 1 aliphatic rings. The molecule has 0 aliphatic carbocycles. The number of carbonyl (C=O) groups excluding carboxylic acids is 1. The Kier molecular flexibility index (Phi) is 4.73. The summed E-state index contributed by atoms with van der Waals surface area (Å²) in [6.45, 7) is 5.28. The maximum atomic E-state index is 14.1. The molecule has 2 aromatic carbocycles. The molecule has 1 saturated heterocycles. The van der Waals surface area contributed by atoms with Crippen LogP contribution in [0.1, 0.15) is 11.1 Å². The normalized spacial score (nSPS) is 14.5. The van der Waals surface area contributed by atoms with Gasteiger partial charge in [-0.1, -0.05) is 18.2 Å². The van der Waals surface area contributed by atoms with Crippen LogP contribution in [0.4, 0.5) is 16.0 Å². The van der Waals surface area contributed by atoms with Gasteiger partial charge < -0.3 is 9.80 Å². The lowest BCUT2D eigenvalue weighted by atomic mass is 10.1. The van der Waals surface area contributed by atoms with Crippen molar-refractivity contribution in [3.05, 3.63) is 65.6 Å². The fraction of sp³-hybridized carbons (Fsp3) is 0.238. The smallest absolute Gasteiger partial charge is 0.246 e. The largest absolute Gasteiger partial charge is 0.328 e. The van der Waals surface area contributed by atoms with Crippen LogP contribution in [0.3, 0.4) is 0 Å². The fourth-order valence-electron chi connectivity index (χ4n) is 3.45. The molecule has 1 amide bonds. The molecule has 0 bridgehead atoms. The topological polar surface area (TPSA) is 62.2 Å². The molecule has 4 rings (SSSR count). The lowest BCUT2D eigenvalue weighted by Crippen LogP contribution is -2.51. The average Bonchev–Trinajstić information content (AvgIpc) is 2.67. The summed E-state index contributed by atoms with van der Waals surface area (Å²) in [6.07, 6.45) is 1.43. The molecule has 0 N–H and O–H groups in total. The van der Waals surface area contributed by atoms with Crippen LogP contribution in [-0.2, 0) is 4.79 Å². The number of anilines is 2. The van der Waals surface area contributed by atoms with E-state index < -0.39 is 0 Å². The molecule has 1 aliphatic heterocycles. The number of carbonyl (C=O) groups is 1. The van der Waals surface area contributed by atoms with Crippen molar-refractivity contribution in [1.29, 1.82) is 0 Å². The Bertz CT molecular complexity index is 1020. The van der Waals surface area contributed by atoms with Gasteiger partial charge in [0, 0.05) is 24.3 Å². The van der Waals surface area contributed by atoms with Crippen molar-refractivity contribution < 1.29 is 9.18 Å². The number of amides is 1. The average molecular weight is 377 g/mol. The molecule has 142 valence electrons. The van der Waals surface area contributed by atoms with Gasteiger partial charge >= 0.3 is 0 Å². The van der Waals surface area contributed by atoms with Gasteiger partial charge in [-0.2, -0.15) is 5.10 Å². The SMILES string of the molecule is Cc1cc(C)cc(N2CCN(c3nncc(-c4ccccc4F)n3)CC2=O)c1. The van der Waals surface area contributed by atoms with Crippen molar-refractivity contribution in [1.82, 2.24) is 15.2 Å². The van der Waals surface area contributed by atoms with E-state index in [0.717, 1.165) is 16.8 Å². The van der Waals surface area contributed by atoms with Crippen molar-refractivity contribution >= 4 is 17.5 Å². The van der Waals surface area contributed by atoms with Crippen LogP contribution in [-0.4, -0.2) is 40.7 Å². The fourth-order valence-corrected chi connectivity index (χ4v) is 3.45. The highest BCUT2D eigenvalue weighted by atomic mass is 19.1. The van der Waals surface area contributed by atoms with Gasteiger partial charge in [-0.05, 0) is 49.2 Å². The number of hydrogen-bond donors (Lipinski definition) is 0. The van der Waals surface area contributed by atoms with Crippen molar-refractivity contribution in [3.8, 4) is 11.3 Å². The molecule has 0 unspecified atom stereocenters. The highest BCUT2D eigenvalue weighted by molar-refractivity contribution is 5.97. The maximum Gasteiger partial charge on any atom is 0.246 e. The van der Waals surface area contributed by atoms with E-state index >= 15 is 0 Å². The molecular formula is C21H20FN5O. The summed E-state index contributed by atoms with van der Waals surface area (Å²) in [4.78, 5) is 20.7. The standard InChI is InChI=1S/C21H20FN5O/c1-14-9-15(2)11-16(10-14)27-8-7-26(13-20(27)28)21-24-19(12-23-25-21)17-5-3-4-6-18(17)22/h3-6,9-12H,7-8,13H2,1-2H3. The lowest BCUT2D eigenvalue weighted by Gasteiger charge is -2.34. The van der Waals surface area contributed by atoms with Gasteiger partial charge in [-0.3, -0.25) is 4.79 Å². The van der Waals surface area contributed by atoms with Crippen molar-refractivity contribution in [3.63, 3.8) is 0 Å². The number of aryl methyl sites for hydroxylation is 2. The van der Waals surface area contributed by atoms with Crippen LogP contribution in [0.5, 0.6) is 0 Å². The molecule has 0 spiro atoms. The molecule has 0 radical (unpaired) electrons. The summed E-state index contributed by atoms with van der Waals surface area (Å²) >= 11 is 0. The number of aromatic nitrogens is 3. The Morgan fingerprint density at radius 1 is 1.04 bits per heavy atom. The number of halogens is 1. The summed E-state index contributed by atoms with van der Waals surface area (Å²) in [5, 5.41) is 8.01. The van der Waals surface area contributed by atoms with Crippen molar-refractivity contribution in [2.45, 2.75) is 13.8 Å². The first kappa shape index (κ1) is 18.0. The molecule has 6 nitrogen and oxygen atoms in total. The molecule has 28 heavy (non-hydrogen) atoms. The first-order valence-corrected chi connectivity index (χ1v) is 9.09.